The van der Waals surface area contributed by atoms with Crippen molar-refractivity contribution in [3.05, 3.63) is 45.0 Å². The van der Waals surface area contributed by atoms with Gasteiger partial charge in [-0.3, -0.25) is 0 Å². The van der Waals surface area contributed by atoms with Gasteiger partial charge in [0.05, 0.1) is 6.04 Å². The number of carbonyl (C=O) groups is 1. The second-order valence-corrected chi connectivity index (χ2v) is 8.82. The monoisotopic (exact) mass is 344 g/mol. The van der Waals surface area contributed by atoms with Crippen LogP contribution in [-0.2, 0) is 19.4 Å². The summed E-state index contributed by atoms with van der Waals surface area (Å²) in [5.74, 6) is 1.96. The third kappa shape index (κ3) is 2.86. The fourth-order valence-corrected chi connectivity index (χ4v) is 4.87. The van der Waals surface area contributed by atoms with Crippen LogP contribution < -0.4 is 5.32 Å². The Morgan fingerprint density at radius 3 is 3.12 bits per heavy atom. The zero-order chi connectivity index (χ0) is 16.9. The molecule has 3 heterocycles. The van der Waals surface area contributed by atoms with E-state index in [2.05, 4.69) is 36.7 Å². The lowest BCUT2D eigenvalue weighted by Crippen LogP contribution is -2.45. The minimum atomic E-state index is 0.0394. The highest BCUT2D eigenvalue weighted by Crippen LogP contribution is 2.42. The second-order valence-electron chi connectivity index (χ2n) is 7.82. The lowest BCUT2D eigenvalue weighted by atomic mass is 9.75. The van der Waals surface area contributed by atoms with Crippen molar-refractivity contribution in [2.45, 2.75) is 52.6 Å². The maximum atomic E-state index is 12.8. The van der Waals surface area contributed by atoms with Gasteiger partial charge in [-0.2, -0.15) is 0 Å². The molecule has 0 saturated carbocycles. The number of hydrogen-bond acceptors (Lipinski definition) is 3. The van der Waals surface area contributed by atoms with Crippen molar-refractivity contribution >= 4 is 17.4 Å². The van der Waals surface area contributed by atoms with E-state index in [0.29, 0.717) is 0 Å². The molecule has 5 heteroatoms. The van der Waals surface area contributed by atoms with Crippen molar-refractivity contribution in [2.75, 3.05) is 6.54 Å². The molecular weight excluding hydrogens is 320 g/mol. The molecule has 0 spiro atoms. The van der Waals surface area contributed by atoms with Crippen LogP contribution in [0.15, 0.2) is 21.9 Å². The van der Waals surface area contributed by atoms with Crippen LogP contribution in [0.5, 0.6) is 0 Å². The lowest BCUT2D eigenvalue weighted by Gasteiger charge is -2.36. The first-order valence-corrected chi connectivity index (χ1v) is 9.49. The molecule has 0 bridgehead atoms. The molecule has 0 fully saturated rings. The molecule has 1 aliphatic carbocycles. The van der Waals surface area contributed by atoms with E-state index in [9.17, 15) is 4.79 Å². The largest absolute Gasteiger partial charge is 0.466 e. The van der Waals surface area contributed by atoms with Crippen LogP contribution in [0.1, 0.15) is 53.8 Å². The van der Waals surface area contributed by atoms with Crippen LogP contribution in [0.25, 0.3) is 0 Å². The van der Waals surface area contributed by atoms with Gasteiger partial charge in [-0.05, 0) is 48.3 Å². The van der Waals surface area contributed by atoms with Crippen LogP contribution in [0.4, 0.5) is 4.79 Å². The number of nitrogens with zero attached hydrogens (tertiary/aromatic N) is 1. The molecule has 2 aromatic heterocycles. The maximum absolute atomic E-state index is 12.8. The molecule has 2 aliphatic rings. The molecule has 0 saturated heterocycles. The Hall–Kier alpha value is -1.75. The molecule has 128 valence electrons. The molecule has 1 atom stereocenters. The Kier molecular flexibility index (Phi) is 3.71. The van der Waals surface area contributed by atoms with Gasteiger partial charge in [0.2, 0.25) is 0 Å². The quantitative estimate of drug-likeness (QED) is 0.832. The van der Waals surface area contributed by atoms with Crippen LogP contribution in [0.2, 0.25) is 0 Å². The van der Waals surface area contributed by atoms with Crippen molar-refractivity contribution in [1.29, 1.82) is 0 Å². The highest BCUT2D eigenvalue weighted by Gasteiger charge is 2.36. The van der Waals surface area contributed by atoms with Gasteiger partial charge in [0.25, 0.3) is 0 Å². The van der Waals surface area contributed by atoms with Gasteiger partial charge in [0, 0.05) is 30.0 Å². The predicted molar refractivity (Wildman–Crippen MR) is 95.3 cm³/mol. The van der Waals surface area contributed by atoms with Gasteiger partial charge in [0.1, 0.15) is 11.5 Å². The summed E-state index contributed by atoms with van der Waals surface area (Å²) in [4.78, 5) is 16.2. The zero-order valence-electron chi connectivity index (χ0n) is 14.5. The fourth-order valence-electron chi connectivity index (χ4n) is 3.98. The first kappa shape index (κ1) is 15.8. The van der Waals surface area contributed by atoms with Gasteiger partial charge in [0.15, 0.2) is 0 Å². The molecule has 0 aromatic carbocycles. The van der Waals surface area contributed by atoms with Gasteiger partial charge in [-0.1, -0.05) is 13.8 Å². The first-order valence-electron chi connectivity index (χ1n) is 8.61. The van der Waals surface area contributed by atoms with Crippen LogP contribution in [0, 0.1) is 12.3 Å². The zero-order valence-corrected chi connectivity index (χ0v) is 15.3. The lowest BCUT2D eigenvalue weighted by molar-refractivity contribution is 0.177. The number of urea groups is 1. The minimum absolute atomic E-state index is 0.0394. The first-order chi connectivity index (χ1) is 11.4. The number of furan rings is 1. The summed E-state index contributed by atoms with van der Waals surface area (Å²) < 4.78 is 5.87. The average Bonchev–Trinajstić information content (AvgIpc) is 3.10. The van der Waals surface area contributed by atoms with E-state index in [4.69, 9.17) is 4.42 Å². The molecule has 0 radical (unpaired) electrons. The van der Waals surface area contributed by atoms with Crippen LogP contribution >= 0.6 is 11.3 Å². The van der Waals surface area contributed by atoms with E-state index in [0.717, 1.165) is 49.4 Å². The molecule has 2 amide bonds. The Labute approximate surface area is 146 Å². The standard InChI is InChI=1S/C19H24N2O2S/c1-12-8-14-15(9-19(2,3)10-16(14)23-12)20-18(22)21-6-4-17-13(11-21)5-7-24-17/h5,7-8,15H,4,6,9-11H2,1-3H3,(H,20,22). The van der Waals surface area contributed by atoms with E-state index in [1.54, 1.807) is 11.3 Å². The number of nitrogens with one attached hydrogen (secondary N) is 1. The second kappa shape index (κ2) is 5.66. The number of thiophene rings is 1. The number of aryl methyl sites for hydroxylation is 1. The number of rotatable bonds is 1. The van der Waals surface area contributed by atoms with Crippen molar-refractivity contribution in [2.24, 2.45) is 5.41 Å². The minimum Gasteiger partial charge on any atom is -0.466 e. The Bertz CT molecular complexity index is 774. The number of carbonyl (C=O) groups excluding carboxylic acids is 1. The van der Waals surface area contributed by atoms with Gasteiger partial charge < -0.3 is 14.6 Å². The molecule has 1 N–H and O–H groups in total. The summed E-state index contributed by atoms with van der Waals surface area (Å²) in [7, 11) is 0. The van der Waals surface area contributed by atoms with Crippen molar-refractivity contribution in [3.8, 4) is 0 Å². The van der Waals surface area contributed by atoms with Crippen LogP contribution in [-0.4, -0.2) is 17.5 Å². The molecule has 2 aromatic rings. The molecular formula is C19H24N2O2S. The number of hydrogen-bond donors (Lipinski definition) is 1. The van der Waals surface area contributed by atoms with Gasteiger partial charge in [-0.15, -0.1) is 11.3 Å². The van der Waals surface area contributed by atoms with E-state index < -0.39 is 0 Å². The molecule has 1 unspecified atom stereocenters. The van der Waals surface area contributed by atoms with E-state index in [1.165, 1.54) is 10.4 Å². The third-order valence-corrected chi connectivity index (χ3v) is 6.15. The van der Waals surface area contributed by atoms with Gasteiger partial charge in [-0.25, -0.2) is 4.79 Å². The summed E-state index contributed by atoms with van der Waals surface area (Å²) in [5.41, 5.74) is 2.59. The normalized spacial score (nSPS) is 22.0. The average molecular weight is 344 g/mol. The van der Waals surface area contributed by atoms with E-state index in [1.807, 2.05) is 11.8 Å². The third-order valence-electron chi connectivity index (χ3n) is 5.13. The summed E-state index contributed by atoms with van der Waals surface area (Å²) in [5, 5.41) is 5.39. The Balaban J connectivity index is 1.51. The van der Waals surface area contributed by atoms with Crippen molar-refractivity contribution in [1.82, 2.24) is 10.2 Å². The van der Waals surface area contributed by atoms with Crippen LogP contribution in [0.3, 0.4) is 0 Å². The summed E-state index contributed by atoms with van der Waals surface area (Å²) in [6.07, 6.45) is 2.85. The fraction of sp³-hybridized carbons (Fsp3) is 0.526. The highest BCUT2D eigenvalue weighted by atomic mass is 32.1. The number of fused-ring (bicyclic) bond motifs is 2. The number of amides is 2. The summed E-state index contributed by atoms with van der Waals surface area (Å²) in [6, 6.07) is 4.31. The van der Waals surface area contributed by atoms with Crippen molar-refractivity contribution in [3.63, 3.8) is 0 Å². The van der Waals surface area contributed by atoms with Gasteiger partial charge >= 0.3 is 6.03 Å². The van der Waals surface area contributed by atoms with E-state index in [-0.39, 0.29) is 17.5 Å². The van der Waals surface area contributed by atoms with E-state index >= 15 is 0 Å². The summed E-state index contributed by atoms with van der Waals surface area (Å²) >= 11 is 1.80. The topological polar surface area (TPSA) is 45.5 Å². The molecule has 4 rings (SSSR count). The maximum Gasteiger partial charge on any atom is 0.318 e. The highest BCUT2D eigenvalue weighted by molar-refractivity contribution is 7.10. The molecule has 1 aliphatic heterocycles. The Morgan fingerprint density at radius 1 is 1.46 bits per heavy atom. The summed E-state index contributed by atoms with van der Waals surface area (Å²) in [6.45, 7) is 7.98. The smallest absolute Gasteiger partial charge is 0.318 e. The predicted octanol–water partition coefficient (Wildman–Crippen LogP) is 4.43. The Morgan fingerprint density at radius 2 is 2.29 bits per heavy atom. The SMILES string of the molecule is Cc1cc2c(o1)CC(C)(C)CC2NC(=O)N1CCc2sccc2C1. The molecule has 4 nitrogen and oxygen atoms in total. The van der Waals surface area contributed by atoms with Crippen molar-refractivity contribution < 1.29 is 9.21 Å². The molecule has 24 heavy (non-hydrogen) atoms.